The first-order valence-electron chi connectivity index (χ1n) is 6.85. The van der Waals surface area contributed by atoms with Crippen molar-refractivity contribution in [1.29, 1.82) is 0 Å². The van der Waals surface area contributed by atoms with Gasteiger partial charge in [0.25, 0.3) is 0 Å². The first-order chi connectivity index (χ1) is 10.5. The molecule has 0 aromatic heterocycles. The lowest BCUT2D eigenvalue weighted by atomic mass is 10.0. The Bertz CT molecular complexity index is 756. The van der Waals surface area contributed by atoms with Gasteiger partial charge in [0, 0.05) is 3.57 Å². The van der Waals surface area contributed by atoms with Crippen LogP contribution in [0.15, 0.2) is 60.7 Å². The molecule has 0 nitrogen and oxygen atoms in total. The monoisotopic (exact) mass is 452 g/mol. The highest BCUT2D eigenvalue weighted by molar-refractivity contribution is 14.1. The van der Waals surface area contributed by atoms with E-state index in [-0.39, 0.29) is 0 Å². The number of benzene rings is 3. The highest BCUT2D eigenvalue weighted by Gasteiger charge is 2.06. The zero-order chi connectivity index (χ0) is 15.7. The van der Waals surface area contributed by atoms with Crippen LogP contribution in [-0.4, -0.2) is 0 Å². The van der Waals surface area contributed by atoms with Gasteiger partial charge in [0.1, 0.15) is 0 Å². The molecule has 0 N–H and O–H groups in total. The van der Waals surface area contributed by atoms with Crippen molar-refractivity contribution in [3.63, 3.8) is 0 Å². The fourth-order valence-electron chi connectivity index (χ4n) is 2.44. The van der Waals surface area contributed by atoms with Crippen molar-refractivity contribution >= 4 is 66.2 Å². The van der Waals surface area contributed by atoms with Gasteiger partial charge >= 0.3 is 0 Å². The summed E-state index contributed by atoms with van der Waals surface area (Å²) in [4.78, 5) is 0. The Hall–Kier alpha value is -0.320. The van der Waals surface area contributed by atoms with Gasteiger partial charge in [-0.1, -0.05) is 48.5 Å². The molecule has 0 radical (unpaired) electrons. The number of hydrogen-bond donors (Lipinski definition) is 0. The number of hydrogen-bond acceptors (Lipinski definition) is 0. The van der Waals surface area contributed by atoms with Gasteiger partial charge < -0.3 is 0 Å². The summed E-state index contributed by atoms with van der Waals surface area (Å²) in [5.41, 5.74) is 5.05. The van der Waals surface area contributed by atoms with Crippen LogP contribution in [0.5, 0.6) is 0 Å². The minimum atomic E-state index is 1.21. The van der Waals surface area contributed by atoms with Gasteiger partial charge in [-0.15, -0.1) is 27.7 Å². The van der Waals surface area contributed by atoms with E-state index in [0.717, 1.165) is 0 Å². The molecule has 0 aliphatic rings. The van der Waals surface area contributed by atoms with Gasteiger partial charge in [-0.25, -0.2) is 0 Å². The Labute approximate surface area is 152 Å². The second-order valence-electron chi connectivity index (χ2n) is 5.16. The fraction of sp³-hybridized carbons (Fsp3) is 0. The summed E-state index contributed by atoms with van der Waals surface area (Å²) in [5, 5.41) is 3.65. The molecule has 3 rings (SSSR count). The highest BCUT2D eigenvalue weighted by atomic mass is 127. The highest BCUT2D eigenvalue weighted by Crippen LogP contribution is 2.27. The molecule has 22 heavy (non-hydrogen) atoms. The lowest BCUT2D eigenvalue weighted by Gasteiger charge is -2.10. The predicted molar refractivity (Wildman–Crippen MR) is 118 cm³/mol. The molecule has 0 spiro atoms. The SMILES string of the molecule is Pc1ccc(-c2ccc(-c3ccc(P)cc3I)cc2)c(P)c1. The standard InChI is InChI=1S/C18H16IP3/c19-17-9-13(20)5-7-15(17)11-1-3-12(4-2-11)16-8-6-14(21)10-18(16)22/h1-10H,20-22H2. The zero-order valence-corrected chi connectivity index (χ0v) is 17.5. The van der Waals surface area contributed by atoms with Crippen LogP contribution in [0.4, 0.5) is 0 Å². The minimum Gasteiger partial charge on any atom is -0.106 e. The summed E-state index contributed by atoms with van der Waals surface area (Å²) >= 11 is 2.40. The molecule has 4 heteroatoms. The molecule has 0 saturated carbocycles. The summed E-state index contributed by atoms with van der Waals surface area (Å²) in [6, 6.07) is 21.8. The average Bonchev–Trinajstić information content (AvgIpc) is 2.48. The van der Waals surface area contributed by atoms with Gasteiger partial charge in [0.05, 0.1) is 0 Å². The predicted octanol–water partition coefficient (Wildman–Crippen LogP) is 4.13. The van der Waals surface area contributed by atoms with Crippen molar-refractivity contribution in [2.75, 3.05) is 0 Å². The van der Waals surface area contributed by atoms with Gasteiger partial charge in [-0.3, -0.25) is 0 Å². The molecule has 3 aromatic carbocycles. The van der Waals surface area contributed by atoms with Crippen LogP contribution in [0.1, 0.15) is 0 Å². The zero-order valence-electron chi connectivity index (χ0n) is 11.9. The summed E-state index contributed by atoms with van der Waals surface area (Å²) < 4.78 is 1.27. The second-order valence-corrected chi connectivity index (χ2v) is 8.28. The van der Waals surface area contributed by atoms with Crippen molar-refractivity contribution in [1.82, 2.24) is 0 Å². The Balaban J connectivity index is 1.99. The molecule has 3 atom stereocenters. The molecule has 0 aliphatic carbocycles. The molecule has 0 fully saturated rings. The van der Waals surface area contributed by atoms with Crippen LogP contribution >= 0.6 is 50.3 Å². The molecule has 0 saturated heterocycles. The Morgan fingerprint density at radius 1 is 0.591 bits per heavy atom. The van der Waals surface area contributed by atoms with Gasteiger partial charge in [-0.05, 0) is 72.9 Å². The van der Waals surface area contributed by atoms with E-state index in [1.54, 1.807) is 0 Å². The lowest BCUT2D eigenvalue weighted by molar-refractivity contribution is 1.59. The summed E-state index contributed by atoms with van der Waals surface area (Å²) in [5.74, 6) is 0. The third-order valence-corrected chi connectivity index (χ3v) is 5.66. The van der Waals surface area contributed by atoms with Gasteiger partial charge in [0.15, 0.2) is 0 Å². The molecule has 0 heterocycles. The van der Waals surface area contributed by atoms with E-state index in [9.17, 15) is 0 Å². The van der Waals surface area contributed by atoms with Crippen LogP contribution in [0.2, 0.25) is 0 Å². The van der Waals surface area contributed by atoms with Crippen LogP contribution in [-0.2, 0) is 0 Å². The molecule has 0 amide bonds. The molecular weight excluding hydrogens is 436 g/mol. The van der Waals surface area contributed by atoms with Gasteiger partial charge in [-0.2, -0.15) is 0 Å². The van der Waals surface area contributed by atoms with E-state index in [1.807, 2.05) is 0 Å². The Morgan fingerprint density at radius 3 is 1.64 bits per heavy atom. The van der Waals surface area contributed by atoms with Crippen LogP contribution in [0.25, 0.3) is 22.3 Å². The summed E-state index contributed by atoms with van der Waals surface area (Å²) in [7, 11) is 8.31. The fourth-order valence-corrected chi connectivity index (χ4v) is 4.82. The third-order valence-electron chi connectivity index (χ3n) is 3.58. The van der Waals surface area contributed by atoms with E-state index < -0.39 is 0 Å². The summed E-state index contributed by atoms with van der Waals surface area (Å²) in [6.45, 7) is 0. The topological polar surface area (TPSA) is 0 Å². The normalized spacial score (nSPS) is 10.7. The molecular formula is C18H16IP3. The van der Waals surface area contributed by atoms with Gasteiger partial charge in [0.2, 0.25) is 0 Å². The quantitative estimate of drug-likeness (QED) is 0.406. The Kier molecular flexibility index (Phi) is 5.31. The van der Waals surface area contributed by atoms with Crippen LogP contribution in [0.3, 0.4) is 0 Å². The second kappa shape index (κ2) is 7.06. The van der Waals surface area contributed by atoms with E-state index in [2.05, 4.69) is 111 Å². The van der Waals surface area contributed by atoms with E-state index in [4.69, 9.17) is 0 Å². The first kappa shape index (κ1) is 16.5. The Morgan fingerprint density at radius 2 is 1.09 bits per heavy atom. The molecule has 0 bridgehead atoms. The molecule has 3 aromatic rings. The summed E-state index contributed by atoms with van der Waals surface area (Å²) in [6.07, 6.45) is 0. The van der Waals surface area contributed by atoms with Crippen molar-refractivity contribution in [3.05, 3.63) is 64.2 Å². The molecule has 0 aliphatic heterocycles. The van der Waals surface area contributed by atoms with E-state index in [1.165, 1.54) is 41.7 Å². The lowest BCUT2D eigenvalue weighted by Crippen LogP contribution is -2.03. The number of rotatable bonds is 2. The van der Waals surface area contributed by atoms with Crippen LogP contribution < -0.4 is 15.9 Å². The maximum absolute atomic E-state index is 2.82. The van der Waals surface area contributed by atoms with E-state index in [0.29, 0.717) is 0 Å². The minimum absolute atomic E-state index is 1.21. The van der Waals surface area contributed by atoms with Crippen molar-refractivity contribution in [2.24, 2.45) is 0 Å². The van der Waals surface area contributed by atoms with Crippen LogP contribution in [0, 0.1) is 3.57 Å². The largest absolute Gasteiger partial charge is 0.106 e. The average molecular weight is 452 g/mol. The van der Waals surface area contributed by atoms with E-state index >= 15 is 0 Å². The first-order valence-corrected chi connectivity index (χ1v) is 9.66. The number of halogens is 1. The smallest absolute Gasteiger partial charge is 0.0214 e. The third kappa shape index (κ3) is 3.60. The molecule has 110 valence electrons. The molecule has 3 unspecified atom stereocenters. The van der Waals surface area contributed by atoms with Crippen molar-refractivity contribution in [2.45, 2.75) is 0 Å². The van der Waals surface area contributed by atoms with Crippen molar-refractivity contribution < 1.29 is 0 Å². The van der Waals surface area contributed by atoms with Crippen molar-refractivity contribution in [3.8, 4) is 22.3 Å². The maximum atomic E-state index is 2.82. The maximum Gasteiger partial charge on any atom is 0.0214 e.